The van der Waals surface area contributed by atoms with E-state index in [1.165, 1.54) is 0 Å². The summed E-state index contributed by atoms with van der Waals surface area (Å²) in [6.07, 6.45) is 0. The summed E-state index contributed by atoms with van der Waals surface area (Å²) >= 11 is 0. The molecule has 0 radical (unpaired) electrons. The molecule has 1 aromatic carbocycles. The summed E-state index contributed by atoms with van der Waals surface area (Å²) in [5, 5.41) is 2.85. The van der Waals surface area contributed by atoms with E-state index in [1.54, 1.807) is 65.0 Å². The van der Waals surface area contributed by atoms with Crippen molar-refractivity contribution in [2.75, 3.05) is 23.9 Å². The Morgan fingerprint density at radius 1 is 1.06 bits per heavy atom. The standard InChI is InChI=1S/C24H31NO8S2/c1-15-12-34(28,29)14-18-22(35(30,31)13-15)21(17-9-7-6-8-10-17)20(16(2)25-18)23(27)32-11-19(26)33-24(3,4)5/h6-10,15,21,25H,11-14H2,1-5H3. The lowest BCUT2D eigenvalue weighted by Crippen LogP contribution is -2.39. The fourth-order valence-electron chi connectivity index (χ4n) is 4.38. The summed E-state index contributed by atoms with van der Waals surface area (Å²) in [5.41, 5.74) is -0.00308. The molecule has 0 amide bonds. The summed E-state index contributed by atoms with van der Waals surface area (Å²) in [4.78, 5) is 25.2. The molecular formula is C24H31NO8S2. The molecule has 0 aliphatic carbocycles. The second kappa shape index (κ2) is 9.77. The zero-order chi connectivity index (χ0) is 26.2. The average molecular weight is 526 g/mol. The van der Waals surface area contributed by atoms with Gasteiger partial charge in [0, 0.05) is 11.4 Å². The Morgan fingerprint density at radius 2 is 1.69 bits per heavy atom. The van der Waals surface area contributed by atoms with Crippen molar-refractivity contribution in [1.29, 1.82) is 0 Å². The van der Waals surface area contributed by atoms with E-state index in [-0.39, 0.29) is 33.4 Å². The third kappa shape index (κ3) is 6.52. The van der Waals surface area contributed by atoms with Crippen molar-refractivity contribution in [2.24, 2.45) is 5.92 Å². The first kappa shape index (κ1) is 26.9. The number of benzene rings is 1. The number of carbonyl (C=O) groups excluding carboxylic acids is 2. The van der Waals surface area contributed by atoms with Gasteiger partial charge >= 0.3 is 11.9 Å². The summed E-state index contributed by atoms with van der Waals surface area (Å²) in [6.45, 7) is 7.50. The molecule has 35 heavy (non-hydrogen) atoms. The number of dihydropyridines is 1. The van der Waals surface area contributed by atoms with Crippen LogP contribution in [0.2, 0.25) is 0 Å². The molecule has 0 fully saturated rings. The number of ether oxygens (including phenoxy) is 2. The first-order valence-corrected chi connectivity index (χ1v) is 14.6. The molecular weight excluding hydrogens is 494 g/mol. The van der Waals surface area contributed by atoms with E-state index >= 15 is 0 Å². The lowest BCUT2D eigenvalue weighted by atomic mass is 9.86. The molecule has 2 aliphatic heterocycles. The number of hydrogen-bond acceptors (Lipinski definition) is 9. The van der Waals surface area contributed by atoms with Gasteiger partial charge in [0.1, 0.15) is 5.60 Å². The molecule has 0 saturated heterocycles. The third-order valence-electron chi connectivity index (χ3n) is 5.43. The van der Waals surface area contributed by atoms with Gasteiger partial charge in [-0.25, -0.2) is 26.4 Å². The van der Waals surface area contributed by atoms with Crippen molar-refractivity contribution in [3.63, 3.8) is 0 Å². The number of carbonyl (C=O) groups is 2. The number of allylic oxidation sites excluding steroid dienone is 2. The van der Waals surface area contributed by atoms with Gasteiger partial charge in [-0.1, -0.05) is 37.3 Å². The molecule has 0 spiro atoms. The van der Waals surface area contributed by atoms with E-state index in [1.807, 2.05) is 0 Å². The number of nitrogens with one attached hydrogen (secondary N) is 1. The van der Waals surface area contributed by atoms with Gasteiger partial charge < -0.3 is 14.8 Å². The van der Waals surface area contributed by atoms with Crippen molar-refractivity contribution in [3.05, 3.63) is 57.8 Å². The van der Waals surface area contributed by atoms with Gasteiger partial charge in [-0.05, 0) is 39.2 Å². The molecule has 1 aromatic rings. The quantitative estimate of drug-likeness (QED) is 0.588. The molecule has 2 atom stereocenters. The third-order valence-corrected chi connectivity index (χ3v) is 9.39. The van der Waals surface area contributed by atoms with Crippen molar-refractivity contribution in [2.45, 2.75) is 46.1 Å². The van der Waals surface area contributed by atoms with Crippen molar-refractivity contribution < 1.29 is 35.9 Å². The Labute approximate surface area is 206 Å². The fourth-order valence-corrected chi connectivity index (χ4v) is 8.55. The minimum absolute atomic E-state index is 0.00675. The van der Waals surface area contributed by atoms with E-state index < -0.39 is 61.4 Å². The van der Waals surface area contributed by atoms with Crippen LogP contribution in [0.4, 0.5) is 0 Å². The summed E-state index contributed by atoms with van der Waals surface area (Å²) in [7, 11) is -7.57. The number of rotatable bonds is 4. The van der Waals surface area contributed by atoms with Crippen LogP contribution in [0.25, 0.3) is 0 Å². The van der Waals surface area contributed by atoms with Crippen LogP contribution in [0.15, 0.2) is 52.2 Å². The Morgan fingerprint density at radius 3 is 2.29 bits per heavy atom. The highest BCUT2D eigenvalue weighted by Gasteiger charge is 2.43. The van der Waals surface area contributed by atoms with Crippen LogP contribution in [0.3, 0.4) is 0 Å². The molecule has 0 saturated carbocycles. The van der Waals surface area contributed by atoms with Crippen LogP contribution in [-0.2, 0) is 38.7 Å². The van der Waals surface area contributed by atoms with E-state index in [0.29, 0.717) is 5.56 Å². The van der Waals surface area contributed by atoms with Gasteiger partial charge in [-0.2, -0.15) is 0 Å². The minimum Gasteiger partial charge on any atom is -0.457 e. The van der Waals surface area contributed by atoms with E-state index in [4.69, 9.17) is 9.47 Å². The number of sulfone groups is 2. The molecule has 2 aliphatic rings. The number of hydrogen-bond donors (Lipinski definition) is 1. The Bertz CT molecular complexity index is 1290. The predicted molar refractivity (Wildman–Crippen MR) is 130 cm³/mol. The van der Waals surface area contributed by atoms with Crippen molar-refractivity contribution >= 4 is 31.6 Å². The lowest BCUT2D eigenvalue weighted by molar-refractivity contribution is -0.165. The zero-order valence-electron chi connectivity index (χ0n) is 20.5. The van der Waals surface area contributed by atoms with Crippen LogP contribution >= 0.6 is 0 Å². The van der Waals surface area contributed by atoms with Crippen LogP contribution in [0, 0.1) is 5.92 Å². The topological polar surface area (TPSA) is 133 Å². The Hall–Kier alpha value is -2.66. The molecule has 3 rings (SSSR count). The van der Waals surface area contributed by atoms with Crippen LogP contribution in [-0.4, -0.2) is 58.2 Å². The molecule has 192 valence electrons. The van der Waals surface area contributed by atoms with Gasteiger partial charge in [0.2, 0.25) is 0 Å². The zero-order valence-corrected chi connectivity index (χ0v) is 22.1. The summed E-state index contributed by atoms with van der Waals surface area (Å²) < 4.78 is 63.0. The average Bonchev–Trinajstić information content (AvgIpc) is 2.68. The second-order valence-corrected chi connectivity index (χ2v) is 14.1. The Balaban J connectivity index is 2.10. The van der Waals surface area contributed by atoms with Gasteiger partial charge in [0.15, 0.2) is 26.3 Å². The Kier molecular flexibility index (Phi) is 7.52. The summed E-state index contributed by atoms with van der Waals surface area (Å²) in [6, 6.07) is 8.48. The molecule has 2 heterocycles. The molecule has 2 unspecified atom stereocenters. The highest BCUT2D eigenvalue weighted by Crippen LogP contribution is 2.43. The molecule has 9 nitrogen and oxygen atoms in total. The van der Waals surface area contributed by atoms with Crippen molar-refractivity contribution in [1.82, 2.24) is 5.32 Å². The van der Waals surface area contributed by atoms with Gasteiger partial charge in [-0.15, -0.1) is 0 Å². The van der Waals surface area contributed by atoms with E-state index in [9.17, 15) is 26.4 Å². The number of esters is 2. The largest absolute Gasteiger partial charge is 0.457 e. The maximum Gasteiger partial charge on any atom is 0.344 e. The maximum absolute atomic E-state index is 13.6. The molecule has 11 heteroatoms. The lowest BCUT2D eigenvalue weighted by Gasteiger charge is -2.34. The van der Waals surface area contributed by atoms with Gasteiger partial charge in [0.05, 0.1) is 33.7 Å². The maximum atomic E-state index is 13.6. The highest BCUT2D eigenvalue weighted by molar-refractivity contribution is 7.96. The second-order valence-electron chi connectivity index (χ2n) is 9.95. The highest BCUT2D eigenvalue weighted by atomic mass is 32.2. The van der Waals surface area contributed by atoms with E-state index in [2.05, 4.69) is 5.32 Å². The molecule has 0 bridgehead atoms. The SMILES string of the molecule is CC1=C(C(=O)OCC(=O)OC(C)(C)C)C(c2ccccc2)C2=C(CS(=O)(=O)CC(C)CS2(=O)=O)N1. The molecule has 1 N–H and O–H groups in total. The predicted octanol–water partition coefficient (Wildman–Crippen LogP) is 2.22. The normalized spacial score (nSPS) is 23.9. The first-order valence-electron chi connectivity index (χ1n) is 11.2. The van der Waals surface area contributed by atoms with Gasteiger partial charge in [-0.3, -0.25) is 0 Å². The first-order chi connectivity index (χ1) is 16.1. The van der Waals surface area contributed by atoms with Crippen molar-refractivity contribution in [3.8, 4) is 0 Å². The van der Waals surface area contributed by atoms with E-state index in [0.717, 1.165) is 0 Å². The van der Waals surface area contributed by atoms with Crippen LogP contribution in [0.1, 0.15) is 46.1 Å². The van der Waals surface area contributed by atoms with Crippen LogP contribution in [0.5, 0.6) is 0 Å². The monoisotopic (exact) mass is 525 g/mol. The van der Waals surface area contributed by atoms with Gasteiger partial charge in [0.25, 0.3) is 0 Å². The summed E-state index contributed by atoms with van der Waals surface area (Å²) in [5.74, 6) is -4.48. The minimum atomic E-state index is -3.97. The van der Waals surface area contributed by atoms with Crippen LogP contribution < -0.4 is 5.32 Å². The molecule has 0 aromatic heterocycles. The fraction of sp³-hybridized carbons (Fsp3) is 0.500. The smallest absolute Gasteiger partial charge is 0.344 e.